The zero-order valence-corrected chi connectivity index (χ0v) is 9.64. The van der Waals surface area contributed by atoms with Gasteiger partial charge >= 0.3 is 0 Å². The van der Waals surface area contributed by atoms with E-state index in [1.54, 1.807) is 0 Å². The Kier molecular flexibility index (Phi) is 3.50. The lowest BCUT2D eigenvalue weighted by Gasteiger charge is -2.16. The van der Waals surface area contributed by atoms with Crippen LogP contribution in [0.15, 0.2) is 0 Å². The molecule has 0 unspecified atom stereocenters. The van der Waals surface area contributed by atoms with Gasteiger partial charge in [-0.3, -0.25) is 9.69 Å². The van der Waals surface area contributed by atoms with Gasteiger partial charge in [0.2, 0.25) is 10.4 Å². The van der Waals surface area contributed by atoms with Crippen molar-refractivity contribution in [2.75, 3.05) is 19.6 Å². The summed E-state index contributed by atoms with van der Waals surface area (Å²) in [6.07, 6.45) is 0.548. The molecule has 0 spiro atoms. The predicted molar refractivity (Wildman–Crippen MR) is 57.8 cm³/mol. The van der Waals surface area contributed by atoms with Crippen molar-refractivity contribution in [2.24, 2.45) is 0 Å². The highest BCUT2D eigenvalue weighted by Crippen LogP contribution is 2.16. The highest BCUT2D eigenvalue weighted by atomic mass is 35.5. The van der Waals surface area contributed by atoms with Crippen LogP contribution in [-0.2, 0) is 11.3 Å². The van der Waals surface area contributed by atoms with Crippen LogP contribution in [0.3, 0.4) is 0 Å². The van der Waals surface area contributed by atoms with E-state index in [2.05, 4.69) is 20.4 Å². The van der Waals surface area contributed by atoms with Crippen molar-refractivity contribution in [2.45, 2.75) is 13.0 Å². The molecule has 1 fully saturated rings. The fourth-order valence-corrected chi connectivity index (χ4v) is 2.37. The first-order chi connectivity index (χ1) is 7.24. The number of amides is 1. The third kappa shape index (κ3) is 3.12. The SMILES string of the molecule is O=C1CCN(Cc2nnc(Cl)s2)CCN1. The van der Waals surface area contributed by atoms with Crippen molar-refractivity contribution in [3.8, 4) is 0 Å². The molecule has 7 heteroatoms. The van der Waals surface area contributed by atoms with E-state index in [4.69, 9.17) is 11.6 Å². The molecule has 0 radical (unpaired) electrons. The molecule has 5 nitrogen and oxygen atoms in total. The van der Waals surface area contributed by atoms with Gasteiger partial charge < -0.3 is 5.32 Å². The Bertz CT molecular complexity index is 356. The van der Waals surface area contributed by atoms with Gasteiger partial charge in [-0.2, -0.15) is 0 Å². The van der Waals surface area contributed by atoms with Crippen molar-refractivity contribution >= 4 is 28.8 Å². The molecule has 1 amide bonds. The van der Waals surface area contributed by atoms with E-state index in [1.807, 2.05) is 0 Å². The number of hydrogen-bond donors (Lipinski definition) is 1. The van der Waals surface area contributed by atoms with Crippen LogP contribution in [-0.4, -0.2) is 40.6 Å². The summed E-state index contributed by atoms with van der Waals surface area (Å²) in [7, 11) is 0. The van der Waals surface area contributed by atoms with Gasteiger partial charge in [-0.15, -0.1) is 10.2 Å². The molecular weight excluding hydrogens is 236 g/mol. The number of nitrogens with one attached hydrogen (secondary N) is 1. The van der Waals surface area contributed by atoms with Crippen LogP contribution in [0.5, 0.6) is 0 Å². The minimum atomic E-state index is 0.118. The van der Waals surface area contributed by atoms with Crippen LogP contribution in [0.25, 0.3) is 0 Å². The van der Waals surface area contributed by atoms with Crippen molar-refractivity contribution < 1.29 is 4.79 Å². The first kappa shape index (κ1) is 10.8. The predicted octanol–water partition coefficient (Wildman–Crippen LogP) is 0.513. The van der Waals surface area contributed by atoms with E-state index in [-0.39, 0.29) is 5.91 Å². The third-order valence-electron chi connectivity index (χ3n) is 2.21. The topological polar surface area (TPSA) is 58.1 Å². The number of halogens is 1. The molecule has 15 heavy (non-hydrogen) atoms. The maximum atomic E-state index is 11.1. The average molecular weight is 247 g/mol. The van der Waals surface area contributed by atoms with E-state index in [9.17, 15) is 4.79 Å². The molecule has 0 aromatic carbocycles. The van der Waals surface area contributed by atoms with E-state index in [1.165, 1.54) is 11.3 Å². The van der Waals surface area contributed by atoms with E-state index >= 15 is 0 Å². The number of hydrogen-bond acceptors (Lipinski definition) is 5. The van der Waals surface area contributed by atoms with Gasteiger partial charge in [-0.05, 0) is 11.6 Å². The Hall–Kier alpha value is -0.720. The van der Waals surface area contributed by atoms with Crippen LogP contribution in [0.1, 0.15) is 11.4 Å². The molecule has 82 valence electrons. The van der Waals surface area contributed by atoms with E-state index < -0.39 is 0 Å². The van der Waals surface area contributed by atoms with Crippen LogP contribution in [0.2, 0.25) is 4.47 Å². The second-order valence-corrected chi connectivity index (χ2v) is 4.97. The summed E-state index contributed by atoms with van der Waals surface area (Å²) in [6, 6.07) is 0. The summed E-state index contributed by atoms with van der Waals surface area (Å²) < 4.78 is 0.467. The average Bonchev–Trinajstić information content (AvgIpc) is 2.48. The fraction of sp³-hybridized carbons (Fsp3) is 0.625. The summed E-state index contributed by atoms with van der Waals surface area (Å²) in [5.74, 6) is 0.118. The first-order valence-corrected chi connectivity index (χ1v) is 5.90. The van der Waals surface area contributed by atoms with Gasteiger partial charge in [-0.1, -0.05) is 11.3 Å². The van der Waals surface area contributed by atoms with Crippen molar-refractivity contribution in [3.05, 3.63) is 9.47 Å². The molecule has 1 aromatic rings. The minimum absolute atomic E-state index is 0.118. The molecular formula is C8H11ClN4OS. The molecule has 0 saturated carbocycles. The van der Waals surface area contributed by atoms with Crippen molar-refractivity contribution in [1.29, 1.82) is 0 Å². The van der Waals surface area contributed by atoms with Crippen molar-refractivity contribution in [3.63, 3.8) is 0 Å². The number of nitrogens with zero attached hydrogens (tertiary/aromatic N) is 3. The van der Waals surface area contributed by atoms with E-state index in [0.29, 0.717) is 17.4 Å². The zero-order valence-electron chi connectivity index (χ0n) is 8.07. The highest BCUT2D eigenvalue weighted by Gasteiger charge is 2.15. The van der Waals surface area contributed by atoms with E-state index in [0.717, 1.165) is 24.6 Å². The van der Waals surface area contributed by atoms with Gasteiger partial charge in [0.15, 0.2) is 0 Å². The maximum absolute atomic E-state index is 11.1. The lowest BCUT2D eigenvalue weighted by molar-refractivity contribution is -0.120. The smallest absolute Gasteiger partial charge is 0.221 e. The zero-order chi connectivity index (χ0) is 10.7. The van der Waals surface area contributed by atoms with Crippen molar-refractivity contribution in [1.82, 2.24) is 20.4 Å². The molecule has 0 atom stereocenters. The molecule has 1 aromatic heterocycles. The second-order valence-electron chi connectivity index (χ2n) is 3.32. The fourth-order valence-electron chi connectivity index (χ4n) is 1.46. The molecule has 1 saturated heterocycles. The number of carbonyl (C=O) groups is 1. The number of carbonyl (C=O) groups excluding carboxylic acids is 1. The molecule has 0 bridgehead atoms. The highest BCUT2D eigenvalue weighted by molar-refractivity contribution is 7.15. The van der Waals surface area contributed by atoms with Crippen LogP contribution in [0.4, 0.5) is 0 Å². The largest absolute Gasteiger partial charge is 0.355 e. The maximum Gasteiger partial charge on any atom is 0.221 e. The number of rotatable bonds is 2. The Morgan fingerprint density at radius 1 is 1.47 bits per heavy atom. The molecule has 1 aliphatic heterocycles. The van der Waals surface area contributed by atoms with Gasteiger partial charge in [0.25, 0.3) is 0 Å². The Morgan fingerprint density at radius 2 is 2.33 bits per heavy atom. The summed E-state index contributed by atoms with van der Waals surface area (Å²) >= 11 is 7.08. The summed E-state index contributed by atoms with van der Waals surface area (Å²) in [5, 5.41) is 11.4. The third-order valence-corrected chi connectivity index (χ3v) is 3.21. The summed E-state index contributed by atoms with van der Waals surface area (Å²) in [5.41, 5.74) is 0. The van der Waals surface area contributed by atoms with Crippen LogP contribution >= 0.6 is 22.9 Å². The monoisotopic (exact) mass is 246 g/mol. The Labute approximate surface area is 96.4 Å². The van der Waals surface area contributed by atoms with Gasteiger partial charge in [0.1, 0.15) is 5.01 Å². The first-order valence-electron chi connectivity index (χ1n) is 4.71. The van der Waals surface area contributed by atoms with Crippen LogP contribution in [0, 0.1) is 0 Å². The molecule has 2 heterocycles. The number of aromatic nitrogens is 2. The minimum Gasteiger partial charge on any atom is -0.355 e. The Balaban J connectivity index is 1.91. The summed E-state index contributed by atoms with van der Waals surface area (Å²) in [6.45, 7) is 3.04. The van der Waals surface area contributed by atoms with Gasteiger partial charge in [-0.25, -0.2) is 0 Å². The molecule has 1 aliphatic rings. The lowest BCUT2D eigenvalue weighted by atomic mass is 10.4. The molecule has 2 rings (SSSR count). The van der Waals surface area contributed by atoms with Gasteiger partial charge in [0, 0.05) is 26.1 Å². The Morgan fingerprint density at radius 3 is 3.07 bits per heavy atom. The second kappa shape index (κ2) is 4.87. The van der Waals surface area contributed by atoms with Crippen LogP contribution < -0.4 is 5.32 Å². The van der Waals surface area contributed by atoms with Gasteiger partial charge in [0.05, 0.1) is 6.54 Å². The lowest BCUT2D eigenvalue weighted by Crippen LogP contribution is -2.28. The summed E-state index contributed by atoms with van der Waals surface area (Å²) in [4.78, 5) is 13.3. The quantitative estimate of drug-likeness (QED) is 0.826. The molecule has 0 aliphatic carbocycles. The normalized spacial score (nSPS) is 18.6. The molecule has 1 N–H and O–H groups in total. The standard InChI is InChI=1S/C8H11ClN4OS/c9-8-12-11-7(15-8)5-13-3-1-6(14)10-2-4-13/h1-5H2,(H,10,14).